The lowest BCUT2D eigenvalue weighted by molar-refractivity contribution is -0.121. The minimum Gasteiger partial charge on any atom is -0.396 e. The number of para-hydroxylation sites is 1. The van der Waals surface area contributed by atoms with Gasteiger partial charge in [0, 0.05) is 23.7 Å². The van der Waals surface area contributed by atoms with Crippen LogP contribution in [-0.4, -0.2) is 22.6 Å². The van der Waals surface area contributed by atoms with Crippen molar-refractivity contribution >= 4 is 16.8 Å². The van der Waals surface area contributed by atoms with E-state index < -0.39 is 0 Å². The van der Waals surface area contributed by atoms with Crippen LogP contribution in [-0.2, 0) is 11.2 Å². The summed E-state index contributed by atoms with van der Waals surface area (Å²) in [4.78, 5) is 15.7. The molecule has 4 heteroatoms. The number of H-pyrrole nitrogens is 1. The Bertz CT molecular complexity index is 824. The topological polar surface area (TPSA) is 65.1 Å². The Hall–Kier alpha value is -2.59. The fraction of sp³-hybridized carbons (Fsp3) is 0.250. The van der Waals surface area contributed by atoms with Crippen LogP contribution >= 0.6 is 0 Å². The second kappa shape index (κ2) is 7.32. The van der Waals surface area contributed by atoms with Gasteiger partial charge in [0.2, 0.25) is 5.91 Å². The smallest absolute Gasteiger partial charge is 0.224 e. The number of nitrogens with one attached hydrogen (secondary N) is 2. The number of amides is 1. The van der Waals surface area contributed by atoms with E-state index in [0.29, 0.717) is 12.8 Å². The largest absolute Gasteiger partial charge is 0.396 e. The van der Waals surface area contributed by atoms with E-state index in [0.717, 1.165) is 22.0 Å². The summed E-state index contributed by atoms with van der Waals surface area (Å²) in [6.07, 6.45) is 2.72. The van der Waals surface area contributed by atoms with Crippen molar-refractivity contribution in [2.45, 2.75) is 25.8 Å². The zero-order valence-electron chi connectivity index (χ0n) is 13.8. The molecule has 0 aliphatic carbocycles. The first kappa shape index (κ1) is 16.3. The van der Waals surface area contributed by atoms with Gasteiger partial charge in [-0.2, -0.15) is 0 Å². The normalized spacial score (nSPS) is 12.2. The number of benzene rings is 2. The van der Waals surface area contributed by atoms with Crippen molar-refractivity contribution in [3.8, 4) is 0 Å². The van der Waals surface area contributed by atoms with Gasteiger partial charge in [-0.15, -0.1) is 0 Å². The number of fused-ring (bicyclic) bond motifs is 1. The highest BCUT2D eigenvalue weighted by Gasteiger charge is 2.16. The molecule has 0 saturated heterocycles. The van der Waals surface area contributed by atoms with E-state index in [1.165, 1.54) is 5.56 Å². The zero-order chi connectivity index (χ0) is 16.9. The van der Waals surface area contributed by atoms with Gasteiger partial charge in [-0.05, 0) is 30.0 Å². The average Bonchev–Trinajstić information content (AvgIpc) is 3.00. The second-order valence-electron chi connectivity index (χ2n) is 6.03. The molecule has 3 rings (SSSR count). The molecular formula is C20H22N2O2. The lowest BCUT2D eigenvalue weighted by Gasteiger charge is -2.18. The highest BCUT2D eigenvalue weighted by molar-refractivity contribution is 5.90. The molecule has 0 fully saturated rings. The van der Waals surface area contributed by atoms with Gasteiger partial charge < -0.3 is 15.4 Å². The zero-order valence-corrected chi connectivity index (χ0v) is 13.8. The van der Waals surface area contributed by atoms with E-state index >= 15 is 0 Å². The maximum Gasteiger partial charge on any atom is 0.224 e. The third-order valence-corrected chi connectivity index (χ3v) is 4.32. The predicted molar refractivity (Wildman–Crippen MR) is 95.8 cm³/mol. The molecular weight excluding hydrogens is 300 g/mol. The van der Waals surface area contributed by atoms with Crippen LogP contribution in [0.3, 0.4) is 0 Å². The molecule has 3 N–H and O–H groups in total. The molecule has 0 aliphatic heterocycles. The fourth-order valence-electron chi connectivity index (χ4n) is 3.07. The monoisotopic (exact) mass is 322 g/mol. The number of aromatic amines is 1. The molecule has 24 heavy (non-hydrogen) atoms. The maximum absolute atomic E-state index is 12.5. The number of rotatable bonds is 6. The third-order valence-electron chi connectivity index (χ3n) is 4.32. The van der Waals surface area contributed by atoms with Crippen molar-refractivity contribution in [3.05, 3.63) is 71.4 Å². The van der Waals surface area contributed by atoms with Crippen molar-refractivity contribution < 1.29 is 9.90 Å². The predicted octanol–water partition coefficient (Wildman–Crippen LogP) is 3.26. The minimum atomic E-state index is -0.171. The molecule has 1 heterocycles. The van der Waals surface area contributed by atoms with Crippen molar-refractivity contribution in [2.75, 3.05) is 6.61 Å². The van der Waals surface area contributed by atoms with Gasteiger partial charge in [-0.3, -0.25) is 4.79 Å². The van der Waals surface area contributed by atoms with E-state index in [1.807, 2.05) is 48.7 Å². The molecule has 1 aromatic heterocycles. The molecule has 0 bridgehead atoms. The van der Waals surface area contributed by atoms with Crippen LogP contribution in [0.4, 0.5) is 0 Å². The molecule has 3 aromatic rings. The summed E-state index contributed by atoms with van der Waals surface area (Å²) in [6.45, 7) is 2.08. The summed E-state index contributed by atoms with van der Waals surface area (Å²) < 4.78 is 0. The number of hydrogen-bond donors (Lipinski definition) is 3. The molecule has 1 unspecified atom stereocenters. The van der Waals surface area contributed by atoms with Crippen LogP contribution in [0.2, 0.25) is 0 Å². The SMILES string of the molecule is Cc1cccc2c(CC(=O)NC(CCO)c3ccccc3)c[nH]c12. The van der Waals surface area contributed by atoms with Crippen LogP contribution < -0.4 is 5.32 Å². The van der Waals surface area contributed by atoms with Crippen LogP contribution in [0.5, 0.6) is 0 Å². The lowest BCUT2D eigenvalue weighted by Crippen LogP contribution is -2.30. The highest BCUT2D eigenvalue weighted by Crippen LogP contribution is 2.22. The molecule has 2 aromatic carbocycles. The number of aromatic nitrogens is 1. The Morgan fingerprint density at radius 2 is 1.96 bits per heavy atom. The van der Waals surface area contributed by atoms with E-state index in [9.17, 15) is 9.90 Å². The molecule has 0 spiro atoms. The van der Waals surface area contributed by atoms with Gasteiger partial charge in [-0.25, -0.2) is 0 Å². The van der Waals surface area contributed by atoms with E-state index in [-0.39, 0.29) is 18.6 Å². The van der Waals surface area contributed by atoms with Crippen LogP contribution in [0.1, 0.15) is 29.2 Å². The minimum absolute atomic E-state index is 0.0339. The van der Waals surface area contributed by atoms with Crippen molar-refractivity contribution in [3.63, 3.8) is 0 Å². The van der Waals surface area contributed by atoms with Crippen molar-refractivity contribution in [1.29, 1.82) is 0 Å². The third kappa shape index (κ3) is 3.49. The number of aliphatic hydroxyl groups is 1. The Labute approximate surface area is 141 Å². The summed E-state index contributed by atoms with van der Waals surface area (Å²) in [6, 6.07) is 15.7. The fourth-order valence-corrected chi connectivity index (χ4v) is 3.07. The number of carbonyl (C=O) groups excluding carboxylic acids is 1. The van der Waals surface area contributed by atoms with E-state index in [1.54, 1.807) is 0 Å². The molecule has 1 atom stereocenters. The Kier molecular flexibility index (Phi) is 4.96. The molecule has 124 valence electrons. The summed E-state index contributed by atoms with van der Waals surface area (Å²) >= 11 is 0. The van der Waals surface area contributed by atoms with Gasteiger partial charge >= 0.3 is 0 Å². The van der Waals surface area contributed by atoms with Crippen molar-refractivity contribution in [2.24, 2.45) is 0 Å². The first-order chi connectivity index (χ1) is 11.7. The quantitative estimate of drug-likeness (QED) is 0.652. The number of carbonyl (C=O) groups is 1. The summed E-state index contributed by atoms with van der Waals surface area (Å²) in [7, 11) is 0. The maximum atomic E-state index is 12.5. The first-order valence-electron chi connectivity index (χ1n) is 8.20. The van der Waals surface area contributed by atoms with Gasteiger partial charge in [0.15, 0.2) is 0 Å². The van der Waals surface area contributed by atoms with Crippen LogP contribution in [0.25, 0.3) is 10.9 Å². The molecule has 0 saturated carbocycles. The van der Waals surface area contributed by atoms with Gasteiger partial charge in [0.05, 0.1) is 12.5 Å². The Morgan fingerprint density at radius 3 is 2.71 bits per heavy atom. The summed E-state index contributed by atoms with van der Waals surface area (Å²) in [5, 5.41) is 13.4. The summed E-state index contributed by atoms with van der Waals surface area (Å²) in [5.41, 5.74) is 4.24. The van der Waals surface area contributed by atoms with Crippen LogP contribution in [0.15, 0.2) is 54.7 Å². The number of aryl methyl sites for hydroxylation is 1. The molecule has 0 radical (unpaired) electrons. The Balaban J connectivity index is 1.75. The second-order valence-corrected chi connectivity index (χ2v) is 6.03. The van der Waals surface area contributed by atoms with Gasteiger partial charge in [-0.1, -0.05) is 48.5 Å². The Morgan fingerprint density at radius 1 is 1.17 bits per heavy atom. The molecule has 4 nitrogen and oxygen atoms in total. The number of hydrogen-bond acceptors (Lipinski definition) is 2. The van der Waals surface area contributed by atoms with E-state index in [4.69, 9.17) is 0 Å². The van der Waals surface area contributed by atoms with Gasteiger partial charge in [0.25, 0.3) is 0 Å². The molecule has 0 aliphatic rings. The van der Waals surface area contributed by atoms with Crippen molar-refractivity contribution in [1.82, 2.24) is 10.3 Å². The summed E-state index contributed by atoms with van der Waals surface area (Å²) in [5.74, 6) is -0.0419. The lowest BCUT2D eigenvalue weighted by atomic mass is 10.0. The highest BCUT2D eigenvalue weighted by atomic mass is 16.3. The average molecular weight is 322 g/mol. The first-order valence-corrected chi connectivity index (χ1v) is 8.20. The van der Waals surface area contributed by atoms with E-state index in [2.05, 4.69) is 23.3 Å². The van der Waals surface area contributed by atoms with Gasteiger partial charge in [0.1, 0.15) is 0 Å². The number of aliphatic hydroxyl groups excluding tert-OH is 1. The van der Waals surface area contributed by atoms with Crippen LogP contribution in [0, 0.1) is 6.92 Å². The molecule has 1 amide bonds. The standard InChI is InChI=1S/C20H22N2O2/c1-14-6-5-9-17-16(13-21-20(14)17)12-19(24)22-18(10-11-23)15-7-3-2-4-8-15/h2-9,13,18,21,23H,10-12H2,1H3,(H,22,24).